The summed E-state index contributed by atoms with van der Waals surface area (Å²) in [6, 6.07) is 1.22. The van der Waals surface area contributed by atoms with Crippen LogP contribution in [0.3, 0.4) is 0 Å². The third-order valence-corrected chi connectivity index (χ3v) is 2.18. The molecule has 3 N–H and O–H groups in total. The highest BCUT2D eigenvalue weighted by Gasteiger charge is 2.15. The summed E-state index contributed by atoms with van der Waals surface area (Å²) in [7, 11) is 2.03. The Kier molecular flexibility index (Phi) is 2.55. The van der Waals surface area contributed by atoms with Gasteiger partial charge in [-0.1, -0.05) is 0 Å². The molecule has 0 unspecified atom stereocenters. The van der Waals surface area contributed by atoms with Gasteiger partial charge in [0.2, 0.25) is 0 Å². The highest BCUT2D eigenvalue weighted by atomic mass is 14.8. The molecule has 3 heteroatoms. The summed E-state index contributed by atoms with van der Waals surface area (Å²) >= 11 is 0. The summed E-state index contributed by atoms with van der Waals surface area (Å²) < 4.78 is 0. The van der Waals surface area contributed by atoms with Gasteiger partial charge >= 0.3 is 0 Å². The van der Waals surface area contributed by atoms with Crippen LogP contribution in [0.4, 0.5) is 0 Å². The molecule has 0 aliphatic heterocycles. The van der Waals surface area contributed by atoms with Gasteiger partial charge in [-0.3, -0.25) is 0 Å². The average Bonchev–Trinajstić information content (AvgIpc) is 1.90. The van der Waals surface area contributed by atoms with Crippen molar-refractivity contribution in [3.63, 3.8) is 0 Å². The summed E-state index contributed by atoms with van der Waals surface area (Å²) in [4.78, 5) is 0. The molecule has 2 nitrogen and oxygen atoms in total. The lowest BCUT2D eigenvalue weighted by molar-refractivity contribution is 0.378. The monoisotopic (exact) mass is 126 g/mol. The zero-order chi connectivity index (χ0) is 6.69. The second-order valence-corrected chi connectivity index (χ2v) is 2.90. The molecule has 0 radical (unpaired) electrons. The first kappa shape index (κ1) is 7.10. The maximum absolute atomic E-state index is 5.72. The van der Waals surface area contributed by atoms with E-state index < -0.39 is 0 Å². The van der Waals surface area contributed by atoms with Crippen molar-refractivity contribution in [2.24, 2.45) is 5.73 Å². The maximum atomic E-state index is 5.72. The lowest BCUT2D eigenvalue weighted by Crippen LogP contribution is -2.35. The molecule has 0 bridgehead atoms. The van der Waals surface area contributed by atoms with Gasteiger partial charge in [0.1, 0.15) is 0 Å². The smallest absolute Gasteiger partial charge is 0.182 e. The molecule has 0 heterocycles. The summed E-state index contributed by atoms with van der Waals surface area (Å²) in [5.41, 5.74) is 5.72. The second-order valence-electron chi connectivity index (χ2n) is 2.90. The summed E-state index contributed by atoms with van der Waals surface area (Å²) in [5.74, 6) is 0. The fourth-order valence-electron chi connectivity index (χ4n) is 1.41. The van der Waals surface area contributed by atoms with Crippen LogP contribution in [0.5, 0.6) is 0 Å². The van der Waals surface area contributed by atoms with Gasteiger partial charge in [0.15, 0.2) is 7.98 Å². The van der Waals surface area contributed by atoms with E-state index >= 15 is 0 Å². The van der Waals surface area contributed by atoms with Crippen molar-refractivity contribution in [3.8, 4) is 0 Å². The van der Waals surface area contributed by atoms with E-state index in [4.69, 9.17) is 5.73 Å². The quantitative estimate of drug-likeness (QED) is 0.460. The molecule has 52 valence electrons. The predicted octanol–water partition coefficient (Wildman–Crippen LogP) is -0.606. The minimum absolute atomic E-state index is 0.481. The number of nitrogens with one attached hydrogen (secondary N) is 1. The molecular weight excluding hydrogens is 111 g/mol. The van der Waals surface area contributed by atoms with Gasteiger partial charge in [0.25, 0.3) is 0 Å². The van der Waals surface area contributed by atoms with Crippen LogP contribution in [0.1, 0.15) is 25.7 Å². The van der Waals surface area contributed by atoms with E-state index in [2.05, 4.69) is 5.23 Å². The fourth-order valence-corrected chi connectivity index (χ4v) is 1.41. The van der Waals surface area contributed by atoms with Crippen molar-refractivity contribution in [2.45, 2.75) is 37.8 Å². The van der Waals surface area contributed by atoms with Crippen molar-refractivity contribution in [1.82, 2.24) is 5.23 Å². The van der Waals surface area contributed by atoms with Gasteiger partial charge in [-0.2, -0.15) is 0 Å². The van der Waals surface area contributed by atoms with Gasteiger partial charge in [-0.15, -0.1) is 0 Å². The van der Waals surface area contributed by atoms with Crippen LogP contribution >= 0.6 is 0 Å². The molecule has 1 rings (SSSR count). The zero-order valence-electron chi connectivity index (χ0n) is 6.06. The zero-order valence-corrected chi connectivity index (χ0v) is 6.06. The molecule has 0 aromatic heterocycles. The lowest BCUT2D eigenvalue weighted by atomic mass is 9.91. The predicted molar refractivity (Wildman–Crippen MR) is 41.9 cm³/mol. The molecule has 0 aromatic rings. The number of nitrogens with two attached hydrogens (primary N) is 1. The van der Waals surface area contributed by atoms with Crippen LogP contribution in [0.15, 0.2) is 0 Å². The average molecular weight is 126 g/mol. The molecule has 1 saturated carbocycles. The standard InChI is InChI=1S/C6H15BN2/c7-9-6-3-1-5(8)2-4-6/h5-6,9H,1-4,7-8H2/t5-,6+. The van der Waals surface area contributed by atoms with Crippen molar-refractivity contribution >= 4 is 7.98 Å². The topological polar surface area (TPSA) is 38.0 Å². The molecule has 9 heavy (non-hydrogen) atoms. The molecule has 0 saturated heterocycles. The van der Waals surface area contributed by atoms with E-state index in [9.17, 15) is 0 Å². The van der Waals surface area contributed by atoms with Gasteiger partial charge in [-0.05, 0) is 31.7 Å². The Balaban J connectivity index is 2.18. The molecule has 0 amide bonds. The molecule has 1 aliphatic carbocycles. The van der Waals surface area contributed by atoms with E-state index in [-0.39, 0.29) is 0 Å². The normalized spacial score (nSPS) is 36.6. The van der Waals surface area contributed by atoms with Crippen LogP contribution in [-0.4, -0.2) is 20.1 Å². The van der Waals surface area contributed by atoms with Gasteiger partial charge in [0.05, 0.1) is 0 Å². The van der Waals surface area contributed by atoms with Crippen LogP contribution < -0.4 is 11.0 Å². The van der Waals surface area contributed by atoms with E-state index in [1.54, 1.807) is 0 Å². The molecular formula is C6H15BN2. The van der Waals surface area contributed by atoms with Crippen LogP contribution in [0.2, 0.25) is 0 Å². The third kappa shape index (κ3) is 1.99. The van der Waals surface area contributed by atoms with Crippen LogP contribution in [-0.2, 0) is 0 Å². The first-order valence-corrected chi connectivity index (χ1v) is 3.76. The number of rotatable bonds is 1. The molecule has 0 spiro atoms. The first-order valence-electron chi connectivity index (χ1n) is 3.76. The third-order valence-electron chi connectivity index (χ3n) is 2.18. The Labute approximate surface area is 57.6 Å². The highest BCUT2D eigenvalue weighted by Crippen LogP contribution is 2.15. The summed E-state index contributed by atoms with van der Waals surface area (Å²) in [5, 5.41) is 3.27. The second kappa shape index (κ2) is 3.23. The van der Waals surface area contributed by atoms with E-state index in [0.29, 0.717) is 6.04 Å². The van der Waals surface area contributed by atoms with Crippen molar-refractivity contribution in [3.05, 3.63) is 0 Å². The molecule has 0 aromatic carbocycles. The van der Waals surface area contributed by atoms with Crippen LogP contribution in [0, 0.1) is 0 Å². The minimum Gasteiger partial charge on any atom is -0.359 e. The fraction of sp³-hybridized carbons (Fsp3) is 1.00. The van der Waals surface area contributed by atoms with Crippen molar-refractivity contribution in [2.75, 3.05) is 0 Å². The summed E-state index contributed by atoms with van der Waals surface area (Å²) in [6.07, 6.45) is 4.92. The van der Waals surface area contributed by atoms with Crippen molar-refractivity contribution in [1.29, 1.82) is 0 Å². The Bertz CT molecular complexity index is 79.1. The number of hydrogen-bond donors (Lipinski definition) is 2. The molecule has 1 aliphatic rings. The summed E-state index contributed by atoms with van der Waals surface area (Å²) in [6.45, 7) is 0. The minimum atomic E-state index is 0.481. The van der Waals surface area contributed by atoms with Crippen LogP contribution in [0.25, 0.3) is 0 Å². The Morgan fingerprint density at radius 1 is 1.22 bits per heavy atom. The van der Waals surface area contributed by atoms with Gasteiger partial charge in [0, 0.05) is 6.04 Å². The van der Waals surface area contributed by atoms with Gasteiger partial charge < -0.3 is 11.0 Å². The largest absolute Gasteiger partial charge is 0.359 e. The molecule has 1 fully saturated rings. The highest BCUT2D eigenvalue weighted by molar-refractivity contribution is 6.04. The number of hydrogen-bond acceptors (Lipinski definition) is 2. The Morgan fingerprint density at radius 2 is 1.78 bits per heavy atom. The van der Waals surface area contributed by atoms with E-state index in [1.165, 1.54) is 25.7 Å². The van der Waals surface area contributed by atoms with Gasteiger partial charge in [-0.25, -0.2) is 0 Å². The first-order chi connectivity index (χ1) is 4.33. The van der Waals surface area contributed by atoms with Crippen molar-refractivity contribution < 1.29 is 0 Å². The van der Waals surface area contributed by atoms with E-state index in [1.807, 2.05) is 7.98 Å². The van der Waals surface area contributed by atoms with E-state index in [0.717, 1.165) is 6.04 Å². The Hall–Kier alpha value is -0.0151. The molecule has 0 atom stereocenters. The maximum Gasteiger partial charge on any atom is 0.182 e. The SMILES string of the molecule is BN[C@H]1CC[C@@H](N)CC1. The Morgan fingerprint density at radius 3 is 2.22 bits per heavy atom. The lowest BCUT2D eigenvalue weighted by Gasteiger charge is -2.25.